The largest absolute Gasteiger partial charge is 0.462 e. The lowest BCUT2D eigenvalue weighted by Gasteiger charge is -2.21. The van der Waals surface area contributed by atoms with Crippen LogP contribution in [0.2, 0.25) is 0 Å². The van der Waals surface area contributed by atoms with E-state index in [9.17, 15) is 0 Å². The zero-order chi connectivity index (χ0) is 10.7. The van der Waals surface area contributed by atoms with Gasteiger partial charge in [-0.05, 0) is 31.5 Å². The summed E-state index contributed by atoms with van der Waals surface area (Å²) in [6, 6.07) is 3.95. The summed E-state index contributed by atoms with van der Waals surface area (Å²) in [5.41, 5.74) is 0. The Bertz CT molecular complexity index is 311. The van der Waals surface area contributed by atoms with Gasteiger partial charge in [-0.25, -0.2) is 0 Å². The SMILES string of the molecule is OCc1ccc(CN2CCC[C@H]2CO)o1. The number of likely N-dealkylation sites (tertiary alicyclic amines) is 1. The summed E-state index contributed by atoms with van der Waals surface area (Å²) in [6.07, 6.45) is 2.20. The highest BCUT2D eigenvalue weighted by Gasteiger charge is 2.24. The molecule has 0 aromatic carbocycles. The van der Waals surface area contributed by atoms with E-state index in [1.54, 1.807) is 6.07 Å². The third-order valence-electron chi connectivity index (χ3n) is 2.94. The van der Waals surface area contributed by atoms with Gasteiger partial charge in [-0.15, -0.1) is 0 Å². The van der Waals surface area contributed by atoms with Crippen LogP contribution in [0.5, 0.6) is 0 Å². The quantitative estimate of drug-likeness (QED) is 0.771. The van der Waals surface area contributed by atoms with Crippen molar-refractivity contribution in [1.29, 1.82) is 0 Å². The van der Waals surface area contributed by atoms with E-state index in [2.05, 4.69) is 4.90 Å². The van der Waals surface area contributed by atoms with Gasteiger partial charge in [0.1, 0.15) is 18.1 Å². The van der Waals surface area contributed by atoms with Crippen LogP contribution in [-0.4, -0.2) is 34.3 Å². The Kier molecular flexibility index (Phi) is 3.41. The van der Waals surface area contributed by atoms with Crippen molar-refractivity contribution >= 4 is 0 Å². The fourth-order valence-corrected chi connectivity index (χ4v) is 2.10. The predicted molar refractivity (Wildman–Crippen MR) is 55.1 cm³/mol. The maximum absolute atomic E-state index is 9.15. The van der Waals surface area contributed by atoms with Crippen LogP contribution in [-0.2, 0) is 13.2 Å². The van der Waals surface area contributed by atoms with Crippen LogP contribution in [0.4, 0.5) is 0 Å². The van der Waals surface area contributed by atoms with E-state index >= 15 is 0 Å². The molecule has 0 amide bonds. The number of furan rings is 1. The zero-order valence-corrected chi connectivity index (χ0v) is 8.72. The summed E-state index contributed by atoms with van der Waals surface area (Å²) in [7, 11) is 0. The first-order valence-electron chi connectivity index (χ1n) is 5.37. The van der Waals surface area contributed by atoms with Gasteiger partial charge in [-0.2, -0.15) is 0 Å². The standard InChI is InChI=1S/C11H17NO3/c13-7-9-2-1-5-12(9)6-10-3-4-11(8-14)15-10/h3-4,9,13-14H,1-2,5-8H2/t9-/m0/s1. The second kappa shape index (κ2) is 4.79. The summed E-state index contributed by atoms with van der Waals surface area (Å²) in [4.78, 5) is 2.22. The van der Waals surface area contributed by atoms with Crippen LogP contribution in [0.3, 0.4) is 0 Å². The average Bonchev–Trinajstić information content (AvgIpc) is 2.87. The van der Waals surface area contributed by atoms with Crippen molar-refractivity contribution in [3.63, 3.8) is 0 Å². The fourth-order valence-electron chi connectivity index (χ4n) is 2.10. The predicted octanol–water partition coefficient (Wildman–Crippen LogP) is 0.729. The van der Waals surface area contributed by atoms with Crippen LogP contribution in [0.25, 0.3) is 0 Å². The summed E-state index contributed by atoms with van der Waals surface area (Å²) in [5.74, 6) is 1.46. The van der Waals surface area contributed by atoms with Gasteiger partial charge in [-0.1, -0.05) is 0 Å². The molecule has 1 fully saturated rings. The van der Waals surface area contributed by atoms with Crippen LogP contribution < -0.4 is 0 Å². The Hall–Kier alpha value is -0.840. The summed E-state index contributed by atoms with van der Waals surface area (Å²) < 4.78 is 5.41. The van der Waals surface area contributed by atoms with Crippen molar-refractivity contribution < 1.29 is 14.6 Å². The molecule has 2 N–H and O–H groups in total. The molecule has 1 aliphatic rings. The fraction of sp³-hybridized carbons (Fsp3) is 0.636. The average molecular weight is 211 g/mol. The molecule has 1 aromatic heterocycles. The minimum absolute atomic E-state index is 0.0522. The molecule has 0 spiro atoms. The maximum atomic E-state index is 9.15. The number of nitrogens with zero attached hydrogens (tertiary/aromatic N) is 1. The first kappa shape index (κ1) is 10.7. The molecule has 84 valence electrons. The normalized spacial score (nSPS) is 22.4. The van der Waals surface area contributed by atoms with Gasteiger partial charge in [0.2, 0.25) is 0 Å². The molecule has 0 radical (unpaired) electrons. The molecular weight excluding hydrogens is 194 g/mol. The van der Waals surface area contributed by atoms with E-state index in [0.29, 0.717) is 5.76 Å². The summed E-state index contributed by atoms with van der Waals surface area (Å²) in [5, 5.41) is 18.0. The Morgan fingerprint density at radius 2 is 2.13 bits per heavy atom. The third kappa shape index (κ3) is 2.40. The number of rotatable bonds is 4. The summed E-state index contributed by atoms with van der Waals surface area (Å²) in [6.45, 7) is 1.91. The zero-order valence-electron chi connectivity index (χ0n) is 8.72. The Balaban J connectivity index is 1.95. The Morgan fingerprint density at radius 3 is 2.80 bits per heavy atom. The Labute approximate surface area is 89.1 Å². The van der Waals surface area contributed by atoms with Crippen molar-refractivity contribution in [3.8, 4) is 0 Å². The molecule has 1 atom stereocenters. The molecule has 0 saturated carbocycles. The lowest BCUT2D eigenvalue weighted by atomic mass is 10.2. The van der Waals surface area contributed by atoms with Crippen LogP contribution >= 0.6 is 0 Å². The first-order chi connectivity index (χ1) is 7.33. The number of aliphatic hydroxyl groups excluding tert-OH is 2. The number of aliphatic hydroxyl groups is 2. The number of hydrogen-bond acceptors (Lipinski definition) is 4. The molecule has 1 aromatic rings. The van der Waals surface area contributed by atoms with E-state index in [1.165, 1.54) is 0 Å². The van der Waals surface area contributed by atoms with Gasteiger partial charge in [0, 0.05) is 6.04 Å². The topological polar surface area (TPSA) is 56.8 Å². The van der Waals surface area contributed by atoms with Gasteiger partial charge in [0.25, 0.3) is 0 Å². The lowest BCUT2D eigenvalue weighted by Crippen LogP contribution is -2.31. The van der Waals surface area contributed by atoms with E-state index in [0.717, 1.165) is 31.7 Å². The van der Waals surface area contributed by atoms with Crippen molar-refractivity contribution in [2.45, 2.75) is 32.0 Å². The minimum Gasteiger partial charge on any atom is -0.462 e. The van der Waals surface area contributed by atoms with Gasteiger partial charge < -0.3 is 14.6 Å². The molecule has 4 heteroatoms. The van der Waals surface area contributed by atoms with Gasteiger partial charge in [-0.3, -0.25) is 4.90 Å². The van der Waals surface area contributed by atoms with Crippen LogP contribution in [0, 0.1) is 0 Å². The molecule has 2 heterocycles. The van der Waals surface area contributed by atoms with E-state index in [1.807, 2.05) is 6.07 Å². The van der Waals surface area contributed by atoms with Crippen molar-refractivity contribution in [3.05, 3.63) is 23.7 Å². The molecule has 1 saturated heterocycles. The molecular formula is C11H17NO3. The van der Waals surface area contributed by atoms with E-state index < -0.39 is 0 Å². The highest BCUT2D eigenvalue weighted by atomic mass is 16.4. The smallest absolute Gasteiger partial charge is 0.129 e. The van der Waals surface area contributed by atoms with Crippen molar-refractivity contribution in [2.75, 3.05) is 13.2 Å². The minimum atomic E-state index is -0.0522. The molecule has 0 bridgehead atoms. The van der Waals surface area contributed by atoms with Gasteiger partial charge >= 0.3 is 0 Å². The third-order valence-corrected chi connectivity index (χ3v) is 2.94. The molecule has 4 nitrogen and oxygen atoms in total. The van der Waals surface area contributed by atoms with E-state index in [-0.39, 0.29) is 19.3 Å². The molecule has 0 unspecified atom stereocenters. The number of hydrogen-bond donors (Lipinski definition) is 2. The van der Waals surface area contributed by atoms with E-state index in [4.69, 9.17) is 14.6 Å². The monoisotopic (exact) mass is 211 g/mol. The molecule has 15 heavy (non-hydrogen) atoms. The lowest BCUT2D eigenvalue weighted by molar-refractivity contribution is 0.144. The first-order valence-corrected chi connectivity index (χ1v) is 5.37. The Morgan fingerprint density at radius 1 is 1.33 bits per heavy atom. The van der Waals surface area contributed by atoms with Crippen molar-refractivity contribution in [2.24, 2.45) is 0 Å². The highest BCUT2D eigenvalue weighted by Crippen LogP contribution is 2.20. The second-order valence-electron chi connectivity index (χ2n) is 3.98. The van der Waals surface area contributed by atoms with Gasteiger partial charge in [0.05, 0.1) is 13.2 Å². The highest BCUT2D eigenvalue weighted by molar-refractivity contribution is 5.06. The molecule has 1 aliphatic heterocycles. The van der Waals surface area contributed by atoms with Crippen LogP contribution in [0.15, 0.2) is 16.5 Å². The molecule has 2 rings (SSSR count). The molecule has 0 aliphatic carbocycles. The summed E-state index contributed by atoms with van der Waals surface area (Å²) >= 11 is 0. The van der Waals surface area contributed by atoms with Gasteiger partial charge in [0.15, 0.2) is 0 Å². The van der Waals surface area contributed by atoms with Crippen LogP contribution in [0.1, 0.15) is 24.4 Å². The van der Waals surface area contributed by atoms with Crippen molar-refractivity contribution in [1.82, 2.24) is 4.90 Å². The second-order valence-corrected chi connectivity index (χ2v) is 3.98. The maximum Gasteiger partial charge on any atom is 0.129 e.